The molecule has 0 radical (unpaired) electrons. The lowest BCUT2D eigenvalue weighted by Crippen LogP contribution is -2.59. The summed E-state index contributed by atoms with van der Waals surface area (Å²) in [7, 11) is 1.88. The van der Waals surface area contributed by atoms with Crippen molar-refractivity contribution in [2.45, 2.75) is 83.7 Å². The highest BCUT2D eigenvalue weighted by Gasteiger charge is 2.48. The van der Waals surface area contributed by atoms with E-state index >= 15 is 0 Å². The molecule has 2 amide bonds. The zero-order valence-electron chi connectivity index (χ0n) is 22.5. The van der Waals surface area contributed by atoms with Crippen molar-refractivity contribution in [2.24, 2.45) is 23.0 Å². The van der Waals surface area contributed by atoms with Gasteiger partial charge in [0.25, 0.3) is 0 Å². The summed E-state index contributed by atoms with van der Waals surface area (Å²) >= 11 is 6.04. The first-order valence-electron chi connectivity index (χ1n) is 13.6. The molecule has 7 nitrogen and oxygen atoms in total. The van der Waals surface area contributed by atoms with E-state index in [4.69, 9.17) is 17.3 Å². The summed E-state index contributed by atoms with van der Waals surface area (Å²) in [6.07, 6.45) is 8.03. The SMILES string of the molecule is CNCC[C@@H](C(=O)NN1CCC(C(=O)NC(C)(C)C)(C2CCCCC2)CC1)C(N)c1ccc(Cl)cc1. The number of carbonyl (C=O) groups is 2. The molecule has 1 heterocycles. The fourth-order valence-electron chi connectivity index (χ4n) is 5.89. The first kappa shape index (κ1) is 28.9. The number of benzene rings is 1. The molecule has 3 rings (SSSR count). The third-order valence-electron chi connectivity index (χ3n) is 7.98. The van der Waals surface area contributed by atoms with Gasteiger partial charge < -0.3 is 16.4 Å². The van der Waals surface area contributed by atoms with E-state index in [9.17, 15) is 9.59 Å². The van der Waals surface area contributed by atoms with E-state index in [1.54, 1.807) is 0 Å². The van der Waals surface area contributed by atoms with Gasteiger partial charge in [-0.15, -0.1) is 0 Å². The zero-order chi connectivity index (χ0) is 26.3. The van der Waals surface area contributed by atoms with E-state index in [2.05, 4.69) is 16.1 Å². The van der Waals surface area contributed by atoms with Gasteiger partial charge in [0.15, 0.2) is 0 Å². The second-order valence-electron chi connectivity index (χ2n) is 11.7. The Kier molecular flexibility index (Phi) is 10.2. The lowest BCUT2D eigenvalue weighted by molar-refractivity contribution is -0.143. The summed E-state index contributed by atoms with van der Waals surface area (Å²) < 4.78 is 0. The van der Waals surface area contributed by atoms with Crippen LogP contribution in [0.15, 0.2) is 24.3 Å². The van der Waals surface area contributed by atoms with Crippen molar-refractivity contribution < 1.29 is 9.59 Å². The molecule has 1 aromatic carbocycles. The van der Waals surface area contributed by atoms with Crippen LogP contribution in [0.5, 0.6) is 0 Å². The largest absolute Gasteiger partial charge is 0.351 e. The first-order chi connectivity index (χ1) is 17.1. The number of hydrogen-bond acceptors (Lipinski definition) is 5. The smallest absolute Gasteiger partial charge is 0.239 e. The van der Waals surface area contributed by atoms with Crippen molar-refractivity contribution in [3.05, 3.63) is 34.9 Å². The molecule has 1 aromatic rings. The van der Waals surface area contributed by atoms with Crippen LogP contribution in [0.25, 0.3) is 0 Å². The molecule has 0 bridgehead atoms. The molecule has 0 spiro atoms. The molecule has 0 aromatic heterocycles. The summed E-state index contributed by atoms with van der Waals surface area (Å²) in [6.45, 7) is 8.15. The molecule has 5 N–H and O–H groups in total. The Labute approximate surface area is 222 Å². The number of piperidine rings is 1. The van der Waals surface area contributed by atoms with Gasteiger partial charge in [0.05, 0.1) is 11.3 Å². The molecule has 202 valence electrons. The van der Waals surface area contributed by atoms with Crippen LogP contribution in [-0.4, -0.2) is 49.0 Å². The third-order valence-corrected chi connectivity index (χ3v) is 8.23. The molecule has 8 heteroatoms. The zero-order valence-corrected chi connectivity index (χ0v) is 23.3. The Morgan fingerprint density at radius 1 is 1.11 bits per heavy atom. The molecule has 36 heavy (non-hydrogen) atoms. The molecule has 2 atom stereocenters. The molecule has 1 unspecified atom stereocenters. The summed E-state index contributed by atoms with van der Waals surface area (Å²) in [5.41, 5.74) is 9.99. The molecule has 1 aliphatic heterocycles. The van der Waals surface area contributed by atoms with Crippen LogP contribution in [0.4, 0.5) is 0 Å². The molecular weight excluding hydrogens is 474 g/mol. The van der Waals surface area contributed by atoms with Gasteiger partial charge in [0.1, 0.15) is 0 Å². The lowest BCUT2D eigenvalue weighted by Gasteiger charge is -2.47. The molecule has 2 aliphatic rings. The Balaban J connectivity index is 1.69. The van der Waals surface area contributed by atoms with E-state index in [0.717, 1.165) is 31.2 Å². The lowest BCUT2D eigenvalue weighted by atomic mass is 9.63. The van der Waals surface area contributed by atoms with Gasteiger partial charge >= 0.3 is 0 Å². The minimum absolute atomic E-state index is 0.0722. The van der Waals surface area contributed by atoms with E-state index in [0.29, 0.717) is 37.0 Å². The van der Waals surface area contributed by atoms with Crippen LogP contribution in [0.2, 0.25) is 5.02 Å². The highest BCUT2D eigenvalue weighted by molar-refractivity contribution is 6.30. The maximum absolute atomic E-state index is 13.6. The predicted octanol–water partition coefficient (Wildman–Crippen LogP) is 4.17. The standard InChI is InChI=1S/C28H46ClN5O2/c1-27(2,3)32-26(36)28(21-8-6-5-7-9-21)15-18-34(19-16-28)33-25(35)23(14-17-31-4)24(30)20-10-12-22(29)13-11-20/h10-13,21,23-24,31H,5-9,14-19,30H2,1-4H3,(H,32,36)(H,33,35)/t23-,24?/m1/s1. The summed E-state index contributed by atoms with van der Waals surface area (Å²) in [6, 6.07) is 6.96. The van der Waals surface area contributed by atoms with Crippen molar-refractivity contribution in [1.29, 1.82) is 0 Å². The number of rotatable bonds is 9. The number of hydrazine groups is 1. The molecule has 1 saturated carbocycles. The van der Waals surface area contributed by atoms with Gasteiger partial charge in [-0.2, -0.15) is 0 Å². The molecule has 2 fully saturated rings. The average molecular weight is 520 g/mol. The van der Waals surface area contributed by atoms with Crippen LogP contribution in [0.3, 0.4) is 0 Å². The Bertz CT molecular complexity index is 856. The minimum Gasteiger partial charge on any atom is -0.351 e. The second-order valence-corrected chi connectivity index (χ2v) is 12.2. The predicted molar refractivity (Wildman–Crippen MR) is 146 cm³/mol. The van der Waals surface area contributed by atoms with Crippen LogP contribution in [0, 0.1) is 17.3 Å². The third kappa shape index (κ3) is 7.44. The van der Waals surface area contributed by atoms with E-state index in [1.165, 1.54) is 19.3 Å². The second kappa shape index (κ2) is 12.7. The Morgan fingerprint density at radius 2 is 1.72 bits per heavy atom. The highest BCUT2D eigenvalue weighted by atomic mass is 35.5. The van der Waals surface area contributed by atoms with Gasteiger partial charge in [-0.1, -0.05) is 43.0 Å². The van der Waals surface area contributed by atoms with Gasteiger partial charge in [-0.3, -0.25) is 15.0 Å². The van der Waals surface area contributed by atoms with E-state index < -0.39 is 6.04 Å². The average Bonchev–Trinajstić information content (AvgIpc) is 2.84. The first-order valence-corrected chi connectivity index (χ1v) is 14.0. The van der Waals surface area contributed by atoms with Gasteiger partial charge in [-0.25, -0.2) is 5.01 Å². The van der Waals surface area contributed by atoms with E-state index in [-0.39, 0.29) is 28.7 Å². The molecule has 1 saturated heterocycles. The van der Waals surface area contributed by atoms with Gasteiger partial charge in [0.2, 0.25) is 11.8 Å². The van der Waals surface area contributed by atoms with E-state index in [1.807, 2.05) is 57.1 Å². The Hall–Kier alpha value is -1.67. The van der Waals surface area contributed by atoms with Gasteiger partial charge in [-0.05, 0) is 90.1 Å². The number of nitrogens with zero attached hydrogens (tertiary/aromatic N) is 1. The van der Waals surface area contributed by atoms with Crippen LogP contribution in [-0.2, 0) is 9.59 Å². The highest BCUT2D eigenvalue weighted by Crippen LogP contribution is 2.46. The number of nitrogens with one attached hydrogen (secondary N) is 3. The van der Waals surface area contributed by atoms with Crippen LogP contribution >= 0.6 is 11.6 Å². The number of hydrogen-bond donors (Lipinski definition) is 4. The molecule has 1 aliphatic carbocycles. The quantitative estimate of drug-likeness (QED) is 0.392. The summed E-state index contributed by atoms with van der Waals surface area (Å²) in [5, 5.41) is 9.06. The minimum atomic E-state index is -0.431. The Morgan fingerprint density at radius 3 is 2.28 bits per heavy atom. The number of amides is 2. The van der Waals surface area contributed by atoms with Crippen LogP contribution in [0.1, 0.15) is 83.7 Å². The normalized spacial score (nSPS) is 20.9. The fraction of sp³-hybridized carbons (Fsp3) is 0.714. The van der Waals surface area contributed by atoms with Crippen LogP contribution < -0.4 is 21.8 Å². The van der Waals surface area contributed by atoms with Crippen molar-refractivity contribution in [3.8, 4) is 0 Å². The van der Waals surface area contributed by atoms with Crippen molar-refractivity contribution in [3.63, 3.8) is 0 Å². The number of carbonyl (C=O) groups excluding carboxylic acids is 2. The monoisotopic (exact) mass is 519 g/mol. The van der Waals surface area contributed by atoms with Gasteiger partial charge in [0, 0.05) is 29.7 Å². The topological polar surface area (TPSA) is 99.5 Å². The fourth-order valence-corrected chi connectivity index (χ4v) is 6.01. The van der Waals surface area contributed by atoms with Crippen molar-refractivity contribution in [1.82, 2.24) is 21.1 Å². The summed E-state index contributed by atoms with van der Waals surface area (Å²) in [5.74, 6) is 0.141. The molecular formula is C28H46ClN5O2. The van der Waals surface area contributed by atoms with Crippen molar-refractivity contribution in [2.75, 3.05) is 26.7 Å². The number of halogens is 1. The maximum Gasteiger partial charge on any atom is 0.239 e. The van der Waals surface area contributed by atoms with Crippen molar-refractivity contribution >= 4 is 23.4 Å². The number of nitrogens with two attached hydrogens (primary N) is 1. The maximum atomic E-state index is 13.6. The summed E-state index contributed by atoms with van der Waals surface area (Å²) in [4.78, 5) is 27.0.